The van der Waals surface area contributed by atoms with E-state index in [4.69, 9.17) is 0 Å². The largest absolute Gasteiger partial charge is 1.00 e. The smallest absolute Gasteiger partial charge is 0.397 e. The van der Waals surface area contributed by atoms with Gasteiger partial charge in [0.2, 0.25) is 5.72 Å². The van der Waals surface area contributed by atoms with Crippen LogP contribution in [0.1, 0.15) is 37.7 Å². The summed E-state index contributed by atoms with van der Waals surface area (Å²) in [6, 6.07) is 10.6. The van der Waals surface area contributed by atoms with E-state index in [2.05, 4.69) is 45.0 Å². The zero-order valence-electron chi connectivity index (χ0n) is 14.4. The maximum atomic E-state index is 11.7. The van der Waals surface area contributed by atoms with E-state index in [1.165, 1.54) is 24.2 Å². The van der Waals surface area contributed by atoms with Crippen LogP contribution in [0.4, 0.5) is 5.95 Å². The number of aliphatic hydroxyl groups is 1. The summed E-state index contributed by atoms with van der Waals surface area (Å²) in [7, 11) is 0. The molecule has 1 N–H and O–H groups in total. The van der Waals surface area contributed by atoms with E-state index in [1.807, 2.05) is 18.5 Å². The average Bonchev–Trinajstić information content (AvgIpc) is 2.95. The van der Waals surface area contributed by atoms with Gasteiger partial charge in [-0.1, -0.05) is 36.4 Å². The molecule has 1 aliphatic heterocycles. The quantitative estimate of drug-likeness (QED) is 0.563. The topological polar surface area (TPSA) is 40.2 Å². The van der Waals surface area contributed by atoms with Gasteiger partial charge < -0.3 is 22.1 Å². The van der Waals surface area contributed by atoms with Crippen LogP contribution in [0.25, 0.3) is 0 Å². The van der Waals surface area contributed by atoms with Crippen molar-refractivity contribution in [3.05, 3.63) is 48.3 Å². The second-order valence-corrected chi connectivity index (χ2v) is 7.63. The highest BCUT2D eigenvalue weighted by molar-refractivity contribution is 7.98. The van der Waals surface area contributed by atoms with Crippen molar-refractivity contribution in [3.63, 3.8) is 0 Å². The molecule has 2 aromatic rings. The molecule has 4 rings (SSSR count). The normalized spacial score (nSPS) is 23.2. The van der Waals surface area contributed by atoms with E-state index in [0.29, 0.717) is 12.6 Å². The standard InChI is InChI=1S/C19H24N3OS.BrH/c1-24-17-10-8-15(9-11-17)19(23)14-21-13-5-12-20-18(21)22(19)16-6-3-2-4-7-16;/h5,8-13,16,23H,2-4,6-7,14H2,1H3;1H/q+1;/p-1. The van der Waals surface area contributed by atoms with Crippen molar-refractivity contribution in [2.45, 2.75) is 55.3 Å². The molecule has 1 atom stereocenters. The monoisotopic (exact) mass is 421 g/mol. The molecule has 1 aromatic heterocycles. The molecule has 0 radical (unpaired) electrons. The highest BCUT2D eigenvalue weighted by atomic mass is 79.9. The van der Waals surface area contributed by atoms with E-state index >= 15 is 0 Å². The van der Waals surface area contributed by atoms with Gasteiger partial charge in [0.1, 0.15) is 12.7 Å². The molecule has 25 heavy (non-hydrogen) atoms. The highest BCUT2D eigenvalue weighted by Gasteiger charge is 2.54. The van der Waals surface area contributed by atoms with Gasteiger partial charge in [0.05, 0.1) is 12.2 Å². The van der Waals surface area contributed by atoms with Crippen LogP contribution >= 0.6 is 11.8 Å². The van der Waals surface area contributed by atoms with E-state index in [1.54, 1.807) is 11.8 Å². The first-order chi connectivity index (χ1) is 11.7. The van der Waals surface area contributed by atoms with Gasteiger partial charge >= 0.3 is 5.95 Å². The fraction of sp³-hybridized carbons (Fsp3) is 0.474. The zero-order chi connectivity index (χ0) is 16.6. The Bertz CT molecular complexity index is 721. The summed E-state index contributed by atoms with van der Waals surface area (Å²) in [6.45, 7) is 0.533. The van der Waals surface area contributed by atoms with Crippen molar-refractivity contribution in [2.24, 2.45) is 0 Å². The maximum absolute atomic E-state index is 11.7. The summed E-state index contributed by atoms with van der Waals surface area (Å²) in [5, 5.41) is 11.7. The number of nitrogens with zero attached hydrogens (tertiary/aromatic N) is 3. The van der Waals surface area contributed by atoms with Crippen molar-refractivity contribution in [2.75, 3.05) is 11.2 Å². The van der Waals surface area contributed by atoms with E-state index in [-0.39, 0.29) is 17.0 Å². The Hall–Kier alpha value is -1.11. The number of aromatic nitrogens is 2. The fourth-order valence-corrected chi connectivity index (χ4v) is 4.50. The number of anilines is 1. The molecule has 134 valence electrons. The lowest BCUT2D eigenvalue weighted by atomic mass is 9.91. The lowest BCUT2D eigenvalue weighted by Gasteiger charge is -2.36. The van der Waals surface area contributed by atoms with Crippen LogP contribution in [-0.2, 0) is 12.3 Å². The molecule has 2 heterocycles. The summed E-state index contributed by atoms with van der Waals surface area (Å²) in [4.78, 5) is 7.99. The molecule has 2 aliphatic rings. The van der Waals surface area contributed by atoms with Crippen LogP contribution in [0, 0.1) is 0 Å². The van der Waals surface area contributed by atoms with Crippen LogP contribution < -0.4 is 26.4 Å². The summed E-state index contributed by atoms with van der Waals surface area (Å²) >= 11 is 1.72. The molecular formula is C19H24BrN3OS. The minimum Gasteiger partial charge on any atom is -1.00 e. The van der Waals surface area contributed by atoms with Gasteiger partial charge in [-0.2, -0.15) is 0 Å². The number of rotatable bonds is 3. The predicted octanol–water partition coefficient (Wildman–Crippen LogP) is 0.0930. The molecule has 1 unspecified atom stereocenters. The SMILES string of the molecule is CSc1ccc(C2(O)C[n+]3cccnc3N2C2CCCCC2)cc1.[Br-]. The summed E-state index contributed by atoms with van der Waals surface area (Å²) in [5.74, 6) is 0.890. The van der Waals surface area contributed by atoms with Gasteiger partial charge in [0.15, 0.2) is 0 Å². The van der Waals surface area contributed by atoms with Crippen LogP contribution in [0.2, 0.25) is 0 Å². The Labute approximate surface area is 164 Å². The van der Waals surface area contributed by atoms with Gasteiger partial charge in [-0.05, 0) is 31.2 Å². The third-order valence-corrected chi connectivity index (χ3v) is 6.04. The second kappa shape index (κ2) is 7.64. The minimum absolute atomic E-state index is 0. The number of halogens is 1. The Morgan fingerprint density at radius 1 is 1.20 bits per heavy atom. The number of hydrogen-bond donors (Lipinski definition) is 1. The van der Waals surface area contributed by atoms with Crippen LogP contribution in [0.5, 0.6) is 0 Å². The van der Waals surface area contributed by atoms with Gasteiger partial charge in [0.25, 0.3) is 0 Å². The molecule has 6 heteroatoms. The highest BCUT2D eigenvalue weighted by Crippen LogP contribution is 2.39. The summed E-state index contributed by atoms with van der Waals surface area (Å²) in [5.41, 5.74) is -0.0586. The van der Waals surface area contributed by atoms with Crippen molar-refractivity contribution in [1.82, 2.24) is 4.98 Å². The van der Waals surface area contributed by atoms with E-state index in [0.717, 1.165) is 24.4 Å². The van der Waals surface area contributed by atoms with Gasteiger partial charge in [-0.3, -0.25) is 0 Å². The Kier molecular flexibility index (Phi) is 5.71. The van der Waals surface area contributed by atoms with Crippen molar-refractivity contribution in [3.8, 4) is 0 Å². The molecule has 1 aromatic carbocycles. The Morgan fingerprint density at radius 3 is 2.60 bits per heavy atom. The minimum atomic E-state index is -1.01. The lowest BCUT2D eigenvalue weighted by molar-refractivity contribution is -0.685. The molecule has 0 bridgehead atoms. The second-order valence-electron chi connectivity index (χ2n) is 6.75. The van der Waals surface area contributed by atoms with E-state index < -0.39 is 5.72 Å². The van der Waals surface area contributed by atoms with Crippen LogP contribution in [0.15, 0.2) is 47.6 Å². The van der Waals surface area contributed by atoms with Crippen molar-refractivity contribution in [1.29, 1.82) is 0 Å². The lowest BCUT2D eigenvalue weighted by Crippen LogP contribution is -3.00. The molecule has 4 nitrogen and oxygen atoms in total. The number of hydrogen-bond acceptors (Lipinski definition) is 4. The third kappa shape index (κ3) is 3.32. The molecule has 0 amide bonds. The molecule has 1 aliphatic carbocycles. The van der Waals surface area contributed by atoms with Crippen molar-refractivity contribution >= 4 is 17.7 Å². The van der Waals surface area contributed by atoms with Crippen LogP contribution in [0.3, 0.4) is 0 Å². The molecular weight excluding hydrogens is 398 g/mol. The third-order valence-electron chi connectivity index (χ3n) is 5.30. The first-order valence-corrected chi connectivity index (χ1v) is 9.95. The number of thioether (sulfide) groups is 1. The number of fused-ring (bicyclic) bond motifs is 1. The zero-order valence-corrected chi connectivity index (χ0v) is 16.8. The molecule has 0 saturated heterocycles. The molecule has 1 saturated carbocycles. The van der Waals surface area contributed by atoms with Gasteiger partial charge in [-0.25, -0.2) is 9.47 Å². The maximum Gasteiger partial charge on any atom is 0.397 e. The summed E-state index contributed by atoms with van der Waals surface area (Å²) < 4.78 is 2.08. The first kappa shape index (κ1) is 18.7. The van der Waals surface area contributed by atoms with Crippen molar-refractivity contribution < 1.29 is 26.7 Å². The van der Waals surface area contributed by atoms with Crippen LogP contribution in [-0.4, -0.2) is 22.4 Å². The van der Waals surface area contributed by atoms with Gasteiger partial charge in [-0.15, -0.1) is 11.8 Å². The average molecular weight is 422 g/mol. The Morgan fingerprint density at radius 2 is 1.92 bits per heavy atom. The summed E-state index contributed by atoms with van der Waals surface area (Å²) in [6.07, 6.45) is 11.9. The Balaban J connectivity index is 0.00000182. The van der Waals surface area contributed by atoms with E-state index in [9.17, 15) is 5.11 Å². The molecule has 0 spiro atoms. The van der Waals surface area contributed by atoms with Gasteiger partial charge in [0, 0.05) is 16.5 Å². The predicted molar refractivity (Wildman–Crippen MR) is 95.9 cm³/mol. The molecule has 1 fully saturated rings. The fourth-order valence-electron chi connectivity index (χ4n) is 4.09. The number of benzene rings is 1. The first-order valence-electron chi connectivity index (χ1n) is 8.73.